The standard InChI is InChI=1S/C14H20F2N2.ClH/c1-9-7-18(8-10(2)17-9)11(3)12-4-5-13(15)14(16)6-12;/h4-6,9-11,17H,7-8H2,1-3H3;1H. The molecule has 0 aromatic heterocycles. The van der Waals surface area contributed by atoms with Crippen molar-refractivity contribution in [1.29, 1.82) is 0 Å². The van der Waals surface area contributed by atoms with Gasteiger partial charge in [-0.3, -0.25) is 4.90 Å². The molecule has 0 spiro atoms. The van der Waals surface area contributed by atoms with E-state index >= 15 is 0 Å². The van der Waals surface area contributed by atoms with Gasteiger partial charge in [0.25, 0.3) is 0 Å². The van der Waals surface area contributed by atoms with Crippen LogP contribution in [0.1, 0.15) is 32.4 Å². The van der Waals surface area contributed by atoms with Crippen LogP contribution in [0.15, 0.2) is 18.2 Å². The van der Waals surface area contributed by atoms with Crippen LogP contribution in [0.25, 0.3) is 0 Å². The van der Waals surface area contributed by atoms with Crippen molar-refractivity contribution in [2.24, 2.45) is 0 Å². The lowest BCUT2D eigenvalue weighted by Gasteiger charge is -2.39. The zero-order chi connectivity index (χ0) is 13.3. The molecular formula is C14H21ClF2N2. The fraction of sp³-hybridized carbons (Fsp3) is 0.571. The lowest BCUT2D eigenvalue weighted by Crippen LogP contribution is -2.54. The summed E-state index contributed by atoms with van der Waals surface area (Å²) in [4.78, 5) is 2.30. The molecular weight excluding hydrogens is 270 g/mol. The van der Waals surface area contributed by atoms with E-state index in [0.717, 1.165) is 18.7 Å². The Kier molecular flexibility index (Phi) is 5.71. The maximum Gasteiger partial charge on any atom is 0.159 e. The van der Waals surface area contributed by atoms with Crippen molar-refractivity contribution in [2.75, 3.05) is 13.1 Å². The summed E-state index contributed by atoms with van der Waals surface area (Å²) < 4.78 is 26.2. The third kappa shape index (κ3) is 3.88. The predicted molar refractivity (Wildman–Crippen MR) is 75.7 cm³/mol. The lowest BCUT2D eigenvalue weighted by atomic mass is 10.0. The molecule has 1 N–H and O–H groups in total. The average molecular weight is 291 g/mol. The van der Waals surface area contributed by atoms with Gasteiger partial charge in [0.15, 0.2) is 11.6 Å². The largest absolute Gasteiger partial charge is 0.309 e. The lowest BCUT2D eigenvalue weighted by molar-refractivity contribution is 0.131. The topological polar surface area (TPSA) is 15.3 Å². The van der Waals surface area contributed by atoms with Gasteiger partial charge in [-0.05, 0) is 38.5 Å². The molecule has 2 nitrogen and oxygen atoms in total. The molecule has 1 saturated heterocycles. The highest BCUT2D eigenvalue weighted by Gasteiger charge is 2.25. The summed E-state index contributed by atoms with van der Waals surface area (Å²) in [6.45, 7) is 8.16. The first-order valence-corrected chi connectivity index (χ1v) is 6.42. The van der Waals surface area contributed by atoms with E-state index < -0.39 is 11.6 Å². The Hall–Kier alpha value is -0.710. The minimum Gasteiger partial charge on any atom is -0.309 e. The van der Waals surface area contributed by atoms with E-state index in [-0.39, 0.29) is 18.4 Å². The summed E-state index contributed by atoms with van der Waals surface area (Å²) in [5.74, 6) is -1.55. The summed E-state index contributed by atoms with van der Waals surface area (Å²) in [6, 6.07) is 5.11. The molecule has 0 aliphatic carbocycles. The molecule has 3 atom stereocenters. The molecule has 0 bridgehead atoms. The van der Waals surface area contributed by atoms with E-state index in [1.54, 1.807) is 6.07 Å². The first-order chi connectivity index (χ1) is 8.47. The second-order valence-corrected chi connectivity index (χ2v) is 5.27. The fourth-order valence-corrected chi connectivity index (χ4v) is 2.67. The van der Waals surface area contributed by atoms with Crippen LogP contribution in [0.2, 0.25) is 0 Å². The Bertz CT molecular complexity index is 418. The van der Waals surface area contributed by atoms with Gasteiger partial charge in [-0.25, -0.2) is 8.78 Å². The number of hydrogen-bond donors (Lipinski definition) is 1. The molecule has 0 radical (unpaired) electrons. The van der Waals surface area contributed by atoms with E-state index in [4.69, 9.17) is 0 Å². The number of nitrogens with one attached hydrogen (secondary N) is 1. The van der Waals surface area contributed by atoms with E-state index in [1.165, 1.54) is 12.1 Å². The number of halogens is 3. The van der Waals surface area contributed by atoms with Crippen LogP contribution in [0, 0.1) is 11.6 Å². The molecule has 3 unspecified atom stereocenters. The normalized spacial score (nSPS) is 25.7. The van der Waals surface area contributed by atoms with Gasteiger partial charge in [0.05, 0.1) is 0 Å². The summed E-state index contributed by atoms with van der Waals surface area (Å²) >= 11 is 0. The molecule has 1 aliphatic rings. The maximum atomic E-state index is 13.3. The van der Waals surface area contributed by atoms with Crippen LogP contribution in [-0.4, -0.2) is 30.1 Å². The second-order valence-electron chi connectivity index (χ2n) is 5.27. The maximum absolute atomic E-state index is 13.3. The third-order valence-electron chi connectivity index (χ3n) is 3.56. The summed E-state index contributed by atoms with van der Waals surface area (Å²) in [6.07, 6.45) is 0. The zero-order valence-electron chi connectivity index (χ0n) is 11.5. The highest BCUT2D eigenvalue weighted by Crippen LogP contribution is 2.23. The van der Waals surface area contributed by atoms with Crippen molar-refractivity contribution in [3.8, 4) is 0 Å². The first kappa shape index (κ1) is 16.3. The fourth-order valence-electron chi connectivity index (χ4n) is 2.67. The Morgan fingerprint density at radius 1 is 1.16 bits per heavy atom. The van der Waals surface area contributed by atoms with Gasteiger partial charge in [-0.1, -0.05) is 6.07 Å². The molecule has 1 aromatic rings. The highest BCUT2D eigenvalue weighted by molar-refractivity contribution is 5.85. The Morgan fingerprint density at radius 2 is 1.74 bits per heavy atom. The van der Waals surface area contributed by atoms with Crippen molar-refractivity contribution in [3.05, 3.63) is 35.4 Å². The van der Waals surface area contributed by atoms with Crippen LogP contribution in [0.3, 0.4) is 0 Å². The molecule has 108 valence electrons. The van der Waals surface area contributed by atoms with Gasteiger partial charge in [-0.15, -0.1) is 12.4 Å². The minimum absolute atomic E-state index is 0. The number of hydrogen-bond acceptors (Lipinski definition) is 2. The van der Waals surface area contributed by atoms with E-state index in [2.05, 4.69) is 24.1 Å². The summed E-state index contributed by atoms with van der Waals surface area (Å²) in [5.41, 5.74) is 0.829. The molecule has 0 saturated carbocycles. The first-order valence-electron chi connectivity index (χ1n) is 6.42. The molecule has 1 aromatic carbocycles. The smallest absolute Gasteiger partial charge is 0.159 e. The quantitative estimate of drug-likeness (QED) is 0.900. The SMILES string of the molecule is CC1CN(C(C)c2ccc(F)c(F)c2)CC(C)N1.Cl. The second kappa shape index (κ2) is 6.64. The van der Waals surface area contributed by atoms with Gasteiger partial charge in [0.2, 0.25) is 0 Å². The summed E-state index contributed by atoms with van der Waals surface area (Å²) in [7, 11) is 0. The molecule has 1 heterocycles. The van der Waals surface area contributed by atoms with E-state index in [9.17, 15) is 8.78 Å². The number of rotatable bonds is 2. The number of benzene rings is 1. The van der Waals surface area contributed by atoms with Crippen molar-refractivity contribution in [2.45, 2.75) is 38.9 Å². The van der Waals surface area contributed by atoms with Crippen molar-refractivity contribution in [1.82, 2.24) is 10.2 Å². The molecule has 0 amide bonds. The Labute approximate surface area is 119 Å². The molecule has 5 heteroatoms. The predicted octanol–water partition coefficient (Wildman–Crippen LogP) is 3.13. The molecule has 1 aliphatic heterocycles. The molecule has 2 rings (SSSR count). The van der Waals surface area contributed by atoms with Gasteiger partial charge in [0.1, 0.15) is 0 Å². The van der Waals surface area contributed by atoms with Crippen molar-refractivity contribution >= 4 is 12.4 Å². The van der Waals surface area contributed by atoms with E-state index in [0.29, 0.717) is 12.1 Å². The zero-order valence-corrected chi connectivity index (χ0v) is 12.3. The van der Waals surface area contributed by atoms with Crippen LogP contribution < -0.4 is 5.32 Å². The average Bonchev–Trinajstić information content (AvgIpc) is 2.30. The van der Waals surface area contributed by atoms with Gasteiger partial charge in [0, 0.05) is 31.2 Å². The highest BCUT2D eigenvalue weighted by atomic mass is 35.5. The minimum atomic E-state index is -0.784. The third-order valence-corrected chi connectivity index (χ3v) is 3.56. The van der Waals surface area contributed by atoms with Crippen LogP contribution in [-0.2, 0) is 0 Å². The van der Waals surface area contributed by atoms with Gasteiger partial charge < -0.3 is 5.32 Å². The van der Waals surface area contributed by atoms with Gasteiger partial charge in [-0.2, -0.15) is 0 Å². The van der Waals surface area contributed by atoms with Crippen molar-refractivity contribution in [3.63, 3.8) is 0 Å². The van der Waals surface area contributed by atoms with Crippen LogP contribution in [0.4, 0.5) is 8.78 Å². The van der Waals surface area contributed by atoms with Gasteiger partial charge >= 0.3 is 0 Å². The number of nitrogens with zero attached hydrogens (tertiary/aromatic N) is 1. The van der Waals surface area contributed by atoms with E-state index in [1.807, 2.05) is 6.92 Å². The Balaban J connectivity index is 0.00000180. The molecule has 1 fully saturated rings. The monoisotopic (exact) mass is 290 g/mol. The summed E-state index contributed by atoms with van der Waals surface area (Å²) in [5, 5.41) is 3.46. The van der Waals surface area contributed by atoms with Crippen LogP contribution in [0.5, 0.6) is 0 Å². The van der Waals surface area contributed by atoms with Crippen molar-refractivity contribution < 1.29 is 8.78 Å². The molecule has 19 heavy (non-hydrogen) atoms. The Morgan fingerprint density at radius 3 is 2.26 bits per heavy atom. The number of piperazine rings is 1. The van der Waals surface area contributed by atoms with Crippen LogP contribution >= 0.6 is 12.4 Å².